The number of primary amides is 1. The average molecular weight is 718 g/mol. The quantitative estimate of drug-likeness (QED) is 0.115. The van der Waals surface area contributed by atoms with E-state index in [2.05, 4.69) is 15.6 Å². The Hall–Kier alpha value is -3.88. The number of nitrogens with two attached hydrogens (primary N) is 1. The number of rotatable bonds is 20. The summed E-state index contributed by atoms with van der Waals surface area (Å²) < 4.78 is 10.8. The Kier molecular flexibility index (Phi) is 18.6. The number of benzene rings is 1. The van der Waals surface area contributed by atoms with E-state index >= 15 is 0 Å². The molecular formula is C36H55N5O8S. The van der Waals surface area contributed by atoms with Gasteiger partial charge in [0.1, 0.15) is 10.7 Å². The molecule has 2 heterocycles. The van der Waals surface area contributed by atoms with E-state index in [0.717, 1.165) is 31.4 Å². The van der Waals surface area contributed by atoms with Gasteiger partial charge in [0.25, 0.3) is 5.91 Å². The minimum atomic E-state index is -0.930. The van der Waals surface area contributed by atoms with Crippen molar-refractivity contribution < 1.29 is 38.6 Å². The van der Waals surface area contributed by atoms with Crippen molar-refractivity contribution in [1.82, 2.24) is 20.5 Å². The second-order valence-electron chi connectivity index (χ2n) is 13.1. The van der Waals surface area contributed by atoms with Gasteiger partial charge in [-0.25, -0.2) is 4.98 Å². The third-order valence-corrected chi connectivity index (χ3v) is 9.40. The lowest BCUT2D eigenvalue weighted by Crippen LogP contribution is -2.49. The number of carboxylic acids is 1. The Balaban J connectivity index is 0.000000752. The van der Waals surface area contributed by atoms with Gasteiger partial charge >= 0.3 is 11.9 Å². The molecule has 0 saturated carbocycles. The first-order valence-electron chi connectivity index (χ1n) is 17.2. The fourth-order valence-electron chi connectivity index (χ4n) is 5.52. The lowest BCUT2D eigenvalue weighted by molar-refractivity contribution is -0.154. The number of ether oxygens (including phenoxy) is 2. The predicted molar refractivity (Wildman–Crippen MR) is 191 cm³/mol. The van der Waals surface area contributed by atoms with E-state index in [-0.39, 0.29) is 41.8 Å². The Bertz CT molecular complexity index is 1370. The zero-order valence-electron chi connectivity index (χ0n) is 30.2. The molecule has 3 rings (SSSR count). The highest BCUT2D eigenvalue weighted by molar-refractivity contribution is 7.09. The number of carbonyl (C=O) groups is 5. The third-order valence-electron chi connectivity index (χ3n) is 8.47. The summed E-state index contributed by atoms with van der Waals surface area (Å²) in [5.41, 5.74) is 6.09. The summed E-state index contributed by atoms with van der Waals surface area (Å²) in [5, 5.41) is 17.5. The molecule has 278 valence electrons. The van der Waals surface area contributed by atoms with Gasteiger partial charge in [-0.05, 0) is 50.8 Å². The molecule has 4 atom stereocenters. The molecular weight excluding hydrogens is 662 g/mol. The minimum absolute atomic E-state index is 0.00854. The maximum atomic E-state index is 13.2. The Morgan fingerprint density at radius 3 is 2.30 bits per heavy atom. The molecule has 4 unspecified atom stereocenters. The van der Waals surface area contributed by atoms with Gasteiger partial charge in [0.2, 0.25) is 11.8 Å². The first-order valence-corrected chi connectivity index (χ1v) is 18.1. The van der Waals surface area contributed by atoms with Crippen molar-refractivity contribution in [1.29, 1.82) is 0 Å². The Morgan fingerprint density at radius 2 is 1.76 bits per heavy atom. The number of carbonyl (C=O) groups excluding carboxylic acids is 4. The van der Waals surface area contributed by atoms with Crippen LogP contribution in [0.1, 0.15) is 93.4 Å². The maximum Gasteiger partial charge on any atom is 0.306 e. The van der Waals surface area contributed by atoms with Crippen molar-refractivity contribution in [2.75, 3.05) is 33.9 Å². The molecule has 1 aromatic carbocycles. The summed E-state index contributed by atoms with van der Waals surface area (Å²) in [5.74, 6) is -2.78. The van der Waals surface area contributed by atoms with Crippen LogP contribution in [0.15, 0.2) is 35.7 Å². The van der Waals surface area contributed by atoms with E-state index < -0.39 is 35.9 Å². The van der Waals surface area contributed by atoms with Gasteiger partial charge in [-0.1, -0.05) is 57.5 Å². The van der Waals surface area contributed by atoms with Crippen LogP contribution in [-0.4, -0.2) is 90.6 Å². The van der Waals surface area contributed by atoms with Crippen molar-refractivity contribution in [2.24, 2.45) is 23.5 Å². The topological polar surface area (TPSA) is 190 Å². The number of hydrogen-bond donors (Lipinski definition) is 4. The molecule has 5 N–H and O–H groups in total. The minimum Gasteiger partial charge on any atom is -0.481 e. The SMILES string of the molecule is CC(=O)OC(CC(C(C)C)N(C)C(=O)C1COC1)c1nc(C(=O)NC(Cc2ccccc2)CC(C)C(=O)O)cs1.CNCCCCCC(N)=O. The fourth-order valence-corrected chi connectivity index (χ4v) is 6.36. The van der Waals surface area contributed by atoms with Crippen LogP contribution in [0.5, 0.6) is 0 Å². The number of aliphatic carboxylic acids is 1. The van der Waals surface area contributed by atoms with Crippen molar-refractivity contribution in [2.45, 2.75) is 90.8 Å². The summed E-state index contributed by atoms with van der Waals surface area (Å²) in [6.45, 7) is 8.77. The van der Waals surface area contributed by atoms with Crippen LogP contribution in [-0.2, 0) is 35.1 Å². The van der Waals surface area contributed by atoms with Gasteiger partial charge in [-0.3, -0.25) is 24.0 Å². The van der Waals surface area contributed by atoms with Crippen molar-refractivity contribution in [3.8, 4) is 0 Å². The monoisotopic (exact) mass is 717 g/mol. The molecule has 50 heavy (non-hydrogen) atoms. The highest BCUT2D eigenvalue weighted by Crippen LogP contribution is 2.31. The number of aromatic nitrogens is 1. The van der Waals surface area contributed by atoms with Gasteiger partial charge in [0.05, 0.1) is 25.0 Å². The number of thiazole rings is 1. The number of hydrogen-bond acceptors (Lipinski definition) is 10. The van der Waals surface area contributed by atoms with Crippen LogP contribution in [0.2, 0.25) is 0 Å². The number of nitrogens with one attached hydrogen (secondary N) is 2. The second kappa shape index (κ2) is 22.0. The molecule has 0 aliphatic carbocycles. The molecule has 1 aliphatic heterocycles. The van der Waals surface area contributed by atoms with E-state index in [1.807, 2.05) is 51.2 Å². The largest absolute Gasteiger partial charge is 0.481 e. The van der Waals surface area contributed by atoms with Gasteiger partial charge in [0.15, 0.2) is 6.10 Å². The van der Waals surface area contributed by atoms with Crippen LogP contribution in [0, 0.1) is 17.8 Å². The number of unbranched alkanes of at least 4 members (excludes halogenated alkanes) is 2. The Labute approximate surface area is 299 Å². The van der Waals surface area contributed by atoms with E-state index in [4.69, 9.17) is 15.2 Å². The van der Waals surface area contributed by atoms with Crippen LogP contribution >= 0.6 is 11.3 Å². The number of esters is 1. The normalized spacial score (nSPS) is 15.0. The maximum absolute atomic E-state index is 13.2. The lowest BCUT2D eigenvalue weighted by atomic mass is 9.94. The fraction of sp³-hybridized carbons (Fsp3) is 0.611. The van der Waals surface area contributed by atoms with Gasteiger partial charge in [0, 0.05) is 44.3 Å². The molecule has 14 heteroatoms. The molecule has 0 radical (unpaired) electrons. The van der Waals surface area contributed by atoms with Crippen molar-refractivity contribution in [3.63, 3.8) is 0 Å². The summed E-state index contributed by atoms with van der Waals surface area (Å²) >= 11 is 1.21. The molecule has 0 spiro atoms. The highest BCUT2D eigenvalue weighted by Gasteiger charge is 2.36. The molecule has 3 amide bonds. The third kappa shape index (κ3) is 14.9. The van der Waals surface area contributed by atoms with Gasteiger partial charge in [-0.15, -0.1) is 11.3 Å². The van der Waals surface area contributed by atoms with Crippen LogP contribution in [0.25, 0.3) is 0 Å². The van der Waals surface area contributed by atoms with Crippen LogP contribution in [0.4, 0.5) is 0 Å². The molecule has 1 aromatic heterocycles. The van der Waals surface area contributed by atoms with E-state index in [1.165, 1.54) is 18.3 Å². The molecule has 0 bridgehead atoms. The smallest absolute Gasteiger partial charge is 0.306 e. The summed E-state index contributed by atoms with van der Waals surface area (Å²) in [6, 6.07) is 8.90. The molecule has 1 saturated heterocycles. The van der Waals surface area contributed by atoms with E-state index in [9.17, 15) is 29.1 Å². The number of nitrogens with zero attached hydrogens (tertiary/aromatic N) is 2. The molecule has 2 aromatic rings. The lowest BCUT2D eigenvalue weighted by Gasteiger charge is -2.37. The first-order chi connectivity index (χ1) is 23.7. The summed E-state index contributed by atoms with van der Waals surface area (Å²) in [7, 11) is 3.68. The number of amides is 3. The van der Waals surface area contributed by atoms with Crippen LogP contribution in [0.3, 0.4) is 0 Å². The van der Waals surface area contributed by atoms with Gasteiger partial charge < -0.3 is 35.8 Å². The molecule has 1 fully saturated rings. The standard InChI is InChI=1S/C29H39N3O7S.C7H16N2O/c1-17(2)24(32(5)28(35)21-14-38-15-21)13-25(39-19(4)33)27-31-23(16-40-27)26(34)30-22(11-18(3)29(36)37)12-20-9-7-6-8-10-20;1-9-6-4-2-3-5-7(8)10/h6-10,16-18,21-22,24-25H,11-15H2,1-5H3,(H,30,34)(H,36,37);9H,2-6H2,1H3,(H2,8,10). The van der Waals surface area contributed by atoms with Crippen molar-refractivity contribution >= 4 is 41.0 Å². The zero-order valence-corrected chi connectivity index (χ0v) is 31.0. The zero-order chi connectivity index (χ0) is 37.2. The average Bonchev–Trinajstić information content (AvgIpc) is 3.53. The first kappa shape index (κ1) is 42.3. The second-order valence-corrected chi connectivity index (χ2v) is 14.0. The highest BCUT2D eigenvalue weighted by atomic mass is 32.1. The van der Waals surface area contributed by atoms with E-state index in [1.54, 1.807) is 24.3 Å². The van der Waals surface area contributed by atoms with Crippen LogP contribution < -0.4 is 16.4 Å². The molecule has 1 aliphatic rings. The van der Waals surface area contributed by atoms with Crippen molar-refractivity contribution in [3.05, 3.63) is 52.0 Å². The van der Waals surface area contributed by atoms with Gasteiger partial charge in [-0.2, -0.15) is 0 Å². The summed E-state index contributed by atoms with van der Waals surface area (Å²) in [6.07, 6.45) is 3.99. The number of carboxylic acid groups (broad SMARTS) is 1. The Morgan fingerprint density at radius 1 is 1.08 bits per heavy atom. The predicted octanol–water partition coefficient (Wildman–Crippen LogP) is 3.97. The van der Waals surface area contributed by atoms with E-state index in [0.29, 0.717) is 37.5 Å². The molecule has 13 nitrogen and oxygen atoms in total. The summed E-state index contributed by atoms with van der Waals surface area (Å²) in [4.78, 5) is 66.0.